The number of thiocarbonyl (C=S) groups is 1. The number of aromatic hydroxyl groups is 1. The van der Waals surface area contributed by atoms with Crippen LogP contribution in [-0.4, -0.2) is 23.5 Å². The molecule has 0 aliphatic rings. The van der Waals surface area contributed by atoms with Gasteiger partial charge in [0, 0.05) is 28.6 Å². The Labute approximate surface area is 138 Å². The van der Waals surface area contributed by atoms with Crippen molar-refractivity contribution in [3.8, 4) is 11.5 Å². The van der Waals surface area contributed by atoms with Crippen LogP contribution in [0.4, 0.5) is 11.4 Å². The van der Waals surface area contributed by atoms with Crippen LogP contribution in [0.25, 0.3) is 0 Å². The molecule has 0 amide bonds. The lowest BCUT2D eigenvalue weighted by Gasteiger charge is -2.06. The van der Waals surface area contributed by atoms with Crippen LogP contribution in [0.5, 0.6) is 11.5 Å². The van der Waals surface area contributed by atoms with Crippen molar-refractivity contribution in [2.45, 2.75) is 0 Å². The Morgan fingerprint density at radius 2 is 2.05 bits per heavy atom. The maximum absolute atomic E-state index is 10.0. The molecule has 0 heterocycles. The molecule has 22 heavy (non-hydrogen) atoms. The summed E-state index contributed by atoms with van der Waals surface area (Å²) in [4.78, 5) is 4.28. The predicted octanol–water partition coefficient (Wildman–Crippen LogP) is 3.46. The molecule has 0 unspecified atom stereocenters. The van der Waals surface area contributed by atoms with Crippen LogP contribution >= 0.6 is 23.8 Å². The predicted molar refractivity (Wildman–Crippen MR) is 93.8 cm³/mol. The van der Waals surface area contributed by atoms with Crippen molar-refractivity contribution in [1.29, 1.82) is 0 Å². The molecule has 0 atom stereocenters. The van der Waals surface area contributed by atoms with Gasteiger partial charge in [0.2, 0.25) is 0 Å². The molecule has 0 radical (unpaired) electrons. The Balaban J connectivity index is 2.21. The normalized spacial score (nSPS) is 10.6. The molecule has 0 aromatic heterocycles. The molecular formula is C15H14ClN3O2S. The molecule has 2 rings (SSSR count). The molecule has 0 saturated heterocycles. The minimum absolute atomic E-state index is 0.0117. The van der Waals surface area contributed by atoms with Crippen molar-refractivity contribution in [3.63, 3.8) is 0 Å². The summed E-state index contributed by atoms with van der Waals surface area (Å²) >= 11 is 10.7. The number of nitrogens with one attached hydrogen (secondary N) is 1. The summed E-state index contributed by atoms with van der Waals surface area (Å²) in [7, 11) is 1.46. The van der Waals surface area contributed by atoms with E-state index in [0.717, 1.165) is 5.69 Å². The van der Waals surface area contributed by atoms with Crippen LogP contribution < -0.4 is 15.8 Å². The lowest BCUT2D eigenvalue weighted by molar-refractivity contribution is 0.373. The number of phenols is 1. The molecule has 0 aliphatic carbocycles. The van der Waals surface area contributed by atoms with Gasteiger partial charge in [-0.2, -0.15) is 0 Å². The smallest absolute Gasteiger partial charge is 0.168 e. The van der Waals surface area contributed by atoms with Crippen LogP contribution in [0.1, 0.15) is 5.56 Å². The SMILES string of the molecule is COc1cc(Cl)cc(C=Nc2ccc(NC(N)=S)cc2)c1O. The Kier molecular flexibility index (Phi) is 5.19. The molecule has 114 valence electrons. The third kappa shape index (κ3) is 4.09. The fourth-order valence-corrected chi connectivity index (χ4v) is 2.10. The second-order valence-corrected chi connectivity index (χ2v) is 5.22. The number of hydrogen-bond donors (Lipinski definition) is 3. The zero-order valence-electron chi connectivity index (χ0n) is 11.7. The van der Waals surface area contributed by atoms with E-state index in [1.54, 1.807) is 30.3 Å². The second-order valence-electron chi connectivity index (χ2n) is 4.34. The minimum atomic E-state index is -0.0117. The molecule has 0 spiro atoms. The van der Waals surface area contributed by atoms with Crippen molar-refractivity contribution < 1.29 is 9.84 Å². The number of halogens is 1. The molecule has 0 fully saturated rings. The van der Waals surface area contributed by atoms with Crippen LogP contribution in [0, 0.1) is 0 Å². The molecule has 0 bridgehead atoms. The Morgan fingerprint density at radius 1 is 1.36 bits per heavy atom. The molecule has 0 saturated carbocycles. The van der Waals surface area contributed by atoms with Crippen molar-refractivity contribution in [1.82, 2.24) is 0 Å². The number of aliphatic imine (C=N–C) groups is 1. The first-order chi connectivity index (χ1) is 10.5. The minimum Gasteiger partial charge on any atom is -0.504 e. The quantitative estimate of drug-likeness (QED) is 0.589. The number of methoxy groups -OCH3 is 1. The highest BCUT2D eigenvalue weighted by Gasteiger charge is 2.08. The van der Waals surface area contributed by atoms with E-state index in [1.165, 1.54) is 19.4 Å². The largest absolute Gasteiger partial charge is 0.504 e. The zero-order valence-corrected chi connectivity index (χ0v) is 13.3. The summed E-state index contributed by atoms with van der Waals surface area (Å²) in [5.74, 6) is 0.285. The van der Waals surface area contributed by atoms with Gasteiger partial charge in [-0.25, -0.2) is 0 Å². The first-order valence-electron chi connectivity index (χ1n) is 6.26. The fraction of sp³-hybridized carbons (Fsp3) is 0.0667. The molecule has 7 heteroatoms. The summed E-state index contributed by atoms with van der Waals surface area (Å²) in [6, 6.07) is 10.3. The van der Waals surface area contributed by atoms with E-state index in [9.17, 15) is 5.11 Å². The first-order valence-corrected chi connectivity index (χ1v) is 7.05. The Morgan fingerprint density at radius 3 is 2.64 bits per heavy atom. The zero-order chi connectivity index (χ0) is 16.1. The molecule has 4 N–H and O–H groups in total. The average molecular weight is 336 g/mol. The highest BCUT2D eigenvalue weighted by molar-refractivity contribution is 7.80. The van der Waals surface area contributed by atoms with Crippen molar-refractivity contribution in [3.05, 3.63) is 47.0 Å². The highest BCUT2D eigenvalue weighted by atomic mass is 35.5. The molecule has 2 aromatic rings. The van der Waals surface area contributed by atoms with E-state index in [4.69, 9.17) is 34.3 Å². The monoisotopic (exact) mass is 335 g/mol. The van der Waals surface area contributed by atoms with E-state index in [2.05, 4.69) is 10.3 Å². The lowest BCUT2D eigenvalue weighted by atomic mass is 10.2. The third-order valence-electron chi connectivity index (χ3n) is 2.78. The second kappa shape index (κ2) is 7.11. The number of rotatable bonds is 4. The molecular weight excluding hydrogens is 322 g/mol. The van der Waals surface area contributed by atoms with E-state index < -0.39 is 0 Å². The van der Waals surface area contributed by atoms with Crippen molar-refractivity contribution in [2.24, 2.45) is 10.7 Å². The Bertz CT molecular complexity index is 717. The van der Waals surface area contributed by atoms with Gasteiger partial charge in [0.15, 0.2) is 16.6 Å². The standard InChI is InChI=1S/C15H14ClN3O2S/c1-21-13-7-10(16)6-9(14(13)20)8-18-11-2-4-12(5-3-11)19-15(17)22/h2-8,20H,1H3,(H3,17,19,22). The summed E-state index contributed by atoms with van der Waals surface area (Å²) in [6.07, 6.45) is 1.51. The van der Waals surface area contributed by atoms with E-state index in [1.807, 2.05) is 0 Å². The lowest BCUT2D eigenvalue weighted by Crippen LogP contribution is -2.18. The number of phenolic OH excluding ortho intramolecular Hbond substituents is 1. The van der Waals surface area contributed by atoms with Gasteiger partial charge in [0.1, 0.15) is 0 Å². The third-order valence-corrected chi connectivity index (χ3v) is 3.10. The Hall–Kier alpha value is -2.31. The van der Waals surface area contributed by atoms with Gasteiger partial charge in [-0.1, -0.05) is 11.6 Å². The summed E-state index contributed by atoms with van der Waals surface area (Å²) in [5, 5.41) is 13.5. The van der Waals surface area contributed by atoms with Crippen LogP contribution in [0.2, 0.25) is 5.02 Å². The molecule has 5 nitrogen and oxygen atoms in total. The maximum atomic E-state index is 10.0. The van der Waals surface area contributed by atoms with Gasteiger partial charge in [0.25, 0.3) is 0 Å². The number of ether oxygens (including phenoxy) is 1. The summed E-state index contributed by atoms with van der Waals surface area (Å²) in [5.41, 5.74) is 7.34. The fourth-order valence-electron chi connectivity index (χ4n) is 1.77. The van der Waals surface area contributed by atoms with E-state index >= 15 is 0 Å². The van der Waals surface area contributed by atoms with E-state index in [-0.39, 0.29) is 10.9 Å². The van der Waals surface area contributed by atoms with E-state index in [0.29, 0.717) is 22.0 Å². The molecule has 2 aromatic carbocycles. The number of hydrogen-bond acceptors (Lipinski definition) is 4. The van der Waals surface area contributed by atoms with Crippen molar-refractivity contribution in [2.75, 3.05) is 12.4 Å². The maximum Gasteiger partial charge on any atom is 0.168 e. The summed E-state index contributed by atoms with van der Waals surface area (Å²) in [6.45, 7) is 0. The van der Waals surface area contributed by atoms with Crippen LogP contribution in [-0.2, 0) is 0 Å². The summed E-state index contributed by atoms with van der Waals surface area (Å²) < 4.78 is 5.04. The highest BCUT2D eigenvalue weighted by Crippen LogP contribution is 2.32. The van der Waals surface area contributed by atoms with Crippen molar-refractivity contribution >= 4 is 46.5 Å². The van der Waals surface area contributed by atoms with Gasteiger partial charge < -0.3 is 20.9 Å². The van der Waals surface area contributed by atoms with Gasteiger partial charge in [-0.3, -0.25) is 4.99 Å². The average Bonchev–Trinajstić information content (AvgIpc) is 2.48. The number of nitrogens with zero attached hydrogens (tertiary/aromatic N) is 1. The number of anilines is 1. The van der Waals surface area contributed by atoms with Gasteiger partial charge in [0.05, 0.1) is 12.8 Å². The van der Waals surface area contributed by atoms with Crippen LogP contribution in [0.15, 0.2) is 41.4 Å². The van der Waals surface area contributed by atoms with Gasteiger partial charge in [-0.05, 0) is 42.5 Å². The van der Waals surface area contributed by atoms with Gasteiger partial charge in [-0.15, -0.1) is 0 Å². The number of nitrogens with two attached hydrogens (primary N) is 1. The van der Waals surface area contributed by atoms with Gasteiger partial charge >= 0.3 is 0 Å². The number of benzene rings is 2. The molecule has 0 aliphatic heterocycles. The van der Waals surface area contributed by atoms with Crippen LogP contribution in [0.3, 0.4) is 0 Å². The topological polar surface area (TPSA) is 79.9 Å². The first kappa shape index (κ1) is 16.1.